The van der Waals surface area contributed by atoms with Gasteiger partial charge < -0.3 is 41.7 Å². The Labute approximate surface area is 465 Å². The lowest BCUT2D eigenvalue weighted by Crippen LogP contribution is -2.76. The van der Waals surface area contributed by atoms with Crippen LogP contribution in [-0.2, 0) is 49.9 Å². The number of hydrogen-bond donors (Lipinski definition) is 7. The van der Waals surface area contributed by atoms with Gasteiger partial charge in [0, 0.05) is 91.8 Å². The van der Waals surface area contributed by atoms with Crippen molar-refractivity contribution in [2.75, 3.05) is 39.3 Å². The van der Waals surface area contributed by atoms with Crippen LogP contribution in [0.5, 0.6) is 17.2 Å². The van der Waals surface area contributed by atoms with E-state index in [1.165, 1.54) is 44.1 Å². The van der Waals surface area contributed by atoms with Gasteiger partial charge in [0.1, 0.15) is 28.8 Å². The molecule has 10 atom stereocenters. The molecule has 0 aromatic heterocycles. The third kappa shape index (κ3) is 7.36. The fourth-order valence-corrected chi connectivity index (χ4v) is 18.5. The second-order valence-corrected chi connectivity index (χ2v) is 26.8. The fraction of sp³-hybridized carbons (Fsp3) is 0.619. The summed E-state index contributed by atoms with van der Waals surface area (Å²) in [7, 11) is 0. The molecule has 6 bridgehead atoms. The number of ether oxygens (including phenoxy) is 1. The molecule has 6 saturated carbocycles. The maximum Gasteiger partial charge on any atom is 0.252 e. The molecule has 1 spiro atoms. The molecule has 4 heterocycles. The quantitative estimate of drug-likeness (QED) is 0.149. The number of nitrogens with two attached hydrogens (primary N) is 2. The second-order valence-electron chi connectivity index (χ2n) is 26.8. The number of aliphatic hydroxyl groups is 3. The largest absolute Gasteiger partial charge is 0.507 e. The lowest BCUT2D eigenvalue weighted by atomic mass is 9.49. The summed E-state index contributed by atoms with van der Waals surface area (Å²) in [6.07, 6.45) is 13.9. The predicted molar refractivity (Wildman–Crippen MR) is 291 cm³/mol. The summed E-state index contributed by atoms with van der Waals surface area (Å²) in [5, 5.41) is 57.8. The molecular formula is C63H74N6O11. The van der Waals surface area contributed by atoms with Crippen molar-refractivity contribution in [2.45, 2.75) is 186 Å². The van der Waals surface area contributed by atoms with Crippen LogP contribution in [0.25, 0.3) is 4.85 Å². The number of benzene rings is 3. The third-order valence-corrected chi connectivity index (χ3v) is 22.8. The predicted octanol–water partition coefficient (Wildman–Crippen LogP) is 4.88. The number of likely N-dealkylation sites (tertiary alicyclic amines) is 3. The van der Waals surface area contributed by atoms with E-state index in [2.05, 4.69) is 19.5 Å². The van der Waals surface area contributed by atoms with E-state index >= 15 is 0 Å². The number of phenols is 2. The minimum Gasteiger partial charge on any atom is -0.507 e. The van der Waals surface area contributed by atoms with Crippen LogP contribution < -0.4 is 16.2 Å². The molecule has 0 radical (unpaired) electrons. The van der Waals surface area contributed by atoms with E-state index in [0.29, 0.717) is 86.8 Å². The minimum absolute atomic E-state index is 0.0493. The zero-order chi connectivity index (χ0) is 55.6. The Bertz CT molecular complexity index is 3120. The first-order valence-electron chi connectivity index (χ1n) is 29.8. The average Bonchev–Trinajstić information content (AvgIpc) is 3.93. The van der Waals surface area contributed by atoms with Crippen LogP contribution in [0.15, 0.2) is 36.4 Å². The van der Waals surface area contributed by atoms with Crippen LogP contribution in [0.4, 0.5) is 5.69 Å². The van der Waals surface area contributed by atoms with E-state index in [1.54, 1.807) is 12.1 Å². The topological polar surface area (TPSA) is 262 Å². The van der Waals surface area contributed by atoms with Crippen molar-refractivity contribution in [3.63, 3.8) is 0 Å². The van der Waals surface area contributed by atoms with Crippen molar-refractivity contribution in [3.8, 4) is 17.2 Å². The molecule has 80 heavy (non-hydrogen) atoms. The molecule has 422 valence electrons. The summed E-state index contributed by atoms with van der Waals surface area (Å²) in [6.45, 7) is 13.1. The lowest BCUT2D eigenvalue weighted by Gasteiger charge is -2.63. The Morgan fingerprint density at radius 1 is 0.575 bits per heavy atom. The fourth-order valence-electron chi connectivity index (χ4n) is 18.5. The number of rotatable bonds is 8. The van der Waals surface area contributed by atoms with E-state index in [4.69, 9.17) is 22.8 Å². The SMILES string of the molecule is NC(=O)c1ccc2c(c1O)[C@]13CCN(CC4CC4)[C@H](C2)[C@]1(O)CCC(=O)C3.NC(=O)c1ccc2c(c1O)[C@]13CCN(CC4CC4)[C@H](C2)[C@]1(O)CCC(=O)C3.[C-]#[N+]c1ccc2c3c1O[C@H]1C(=O)CC[C@@]4(O)[C@@H](C2)N(CC2CC2)CC[C@]314. The highest BCUT2D eigenvalue weighted by molar-refractivity contribution is 5.98. The zero-order valence-electron chi connectivity index (χ0n) is 45.5. The molecule has 0 unspecified atom stereocenters. The van der Waals surface area contributed by atoms with Crippen LogP contribution in [0.2, 0.25) is 0 Å². The average molecular weight is 1090 g/mol. The third-order valence-electron chi connectivity index (χ3n) is 22.8. The standard InChI is InChI=1S/2C21H26N2O4.C21H22N2O3/c2*22-19(26)15-4-3-13-9-16-21(27)6-5-14(24)10-20(21,17(13)18(15)25)7-8-23(16)11-12-1-2-12;1-22-14-5-4-13-10-16-21(25)7-6-15(24)19-20(21,17(13)18(14)26-19)8-9-23(16)11-12-2-3-12/h2*3-4,12,16,25,27H,1-2,5-11H2,(H2,22,26);4-5,12,16,19,25H,2-3,6-11H2/t2*16-,20-,21-;16-,19+,20+,21-/m111/s1. The van der Waals surface area contributed by atoms with Crippen molar-refractivity contribution in [1.29, 1.82) is 0 Å². The van der Waals surface area contributed by atoms with Crippen molar-refractivity contribution < 1.29 is 54.2 Å². The molecule has 3 saturated heterocycles. The van der Waals surface area contributed by atoms with Gasteiger partial charge in [-0.1, -0.05) is 24.3 Å². The van der Waals surface area contributed by atoms with E-state index in [-0.39, 0.29) is 70.9 Å². The first kappa shape index (κ1) is 52.3. The summed E-state index contributed by atoms with van der Waals surface area (Å²) in [4.78, 5) is 72.2. The zero-order valence-corrected chi connectivity index (χ0v) is 45.5. The number of Topliss-reactive ketones (excluding diaryl/α,β-unsaturated/α-hetero) is 3. The number of ketones is 3. The van der Waals surface area contributed by atoms with Crippen molar-refractivity contribution in [2.24, 2.45) is 29.2 Å². The van der Waals surface area contributed by atoms with E-state index in [9.17, 15) is 49.5 Å². The van der Waals surface area contributed by atoms with Crippen molar-refractivity contribution in [3.05, 3.63) is 92.3 Å². The van der Waals surface area contributed by atoms with Gasteiger partial charge in [-0.05, 0) is 168 Å². The molecule has 3 aromatic rings. The molecule has 13 aliphatic rings. The molecular weight excluding hydrogens is 1020 g/mol. The summed E-state index contributed by atoms with van der Waals surface area (Å²) >= 11 is 0. The van der Waals surface area contributed by atoms with Crippen molar-refractivity contribution >= 4 is 34.9 Å². The minimum atomic E-state index is -1.06. The molecule has 17 nitrogen and oxygen atoms in total. The number of primary amides is 2. The highest BCUT2D eigenvalue weighted by Gasteiger charge is 2.73. The number of aromatic hydroxyl groups is 2. The van der Waals surface area contributed by atoms with Gasteiger partial charge in [-0.2, -0.15) is 0 Å². The summed E-state index contributed by atoms with van der Waals surface area (Å²) in [5.41, 5.74) is 11.4. The first-order chi connectivity index (χ1) is 38.3. The second kappa shape index (κ2) is 18.1. The number of fused-ring (bicyclic) bond motifs is 2. The highest BCUT2D eigenvalue weighted by atomic mass is 16.5. The van der Waals surface area contributed by atoms with Gasteiger partial charge in [-0.3, -0.25) is 38.7 Å². The van der Waals surface area contributed by atoms with Gasteiger partial charge in [-0.25, -0.2) is 4.85 Å². The Balaban J connectivity index is 0.000000108. The van der Waals surface area contributed by atoms with Gasteiger partial charge >= 0.3 is 0 Å². The maximum atomic E-state index is 12.8. The van der Waals surface area contributed by atoms with Crippen LogP contribution in [0.3, 0.4) is 0 Å². The molecule has 9 aliphatic carbocycles. The molecule has 3 aromatic carbocycles. The van der Waals surface area contributed by atoms with Gasteiger partial charge in [-0.15, -0.1) is 0 Å². The molecule has 4 aliphatic heterocycles. The number of carbonyl (C=O) groups is 5. The number of amides is 2. The van der Waals surface area contributed by atoms with Gasteiger partial charge in [0.25, 0.3) is 11.8 Å². The Kier molecular flexibility index (Phi) is 11.9. The van der Waals surface area contributed by atoms with Crippen LogP contribution in [0, 0.1) is 24.3 Å². The number of nitrogens with zero attached hydrogens (tertiary/aromatic N) is 4. The van der Waals surface area contributed by atoms with Crippen LogP contribution in [-0.4, -0.2) is 150 Å². The van der Waals surface area contributed by atoms with Gasteiger partial charge in [0.05, 0.1) is 39.9 Å². The number of piperidine rings is 3. The van der Waals surface area contributed by atoms with E-state index < -0.39 is 51.0 Å². The monoisotopic (exact) mass is 1090 g/mol. The van der Waals surface area contributed by atoms with E-state index in [0.717, 1.165) is 86.6 Å². The van der Waals surface area contributed by atoms with Crippen molar-refractivity contribution in [1.82, 2.24) is 14.7 Å². The molecule has 9 N–H and O–H groups in total. The smallest absolute Gasteiger partial charge is 0.252 e. The Morgan fingerprint density at radius 3 is 1.43 bits per heavy atom. The summed E-state index contributed by atoms with van der Waals surface area (Å²) < 4.78 is 6.16. The Hall–Kier alpha value is -5.74. The molecule has 9 fully saturated rings. The Morgan fingerprint density at radius 2 is 0.988 bits per heavy atom. The van der Waals surface area contributed by atoms with E-state index in [1.807, 2.05) is 24.3 Å². The van der Waals surface area contributed by atoms with Crippen LogP contribution in [0.1, 0.15) is 163 Å². The summed E-state index contributed by atoms with van der Waals surface area (Å²) in [5.74, 6) is 1.46. The maximum absolute atomic E-state index is 12.8. The molecule has 17 heteroatoms. The van der Waals surface area contributed by atoms with Gasteiger partial charge in [0.15, 0.2) is 11.9 Å². The molecule has 16 rings (SSSR count). The molecule has 2 amide bonds. The number of hydrogen-bond acceptors (Lipinski definition) is 14. The van der Waals surface area contributed by atoms with Crippen LogP contribution >= 0.6 is 0 Å². The lowest BCUT2D eigenvalue weighted by molar-refractivity contribution is -0.188. The highest BCUT2D eigenvalue weighted by Crippen LogP contribution is 2.66. The van der Waals surface area contributed by atoms with Gasteiger partial charge in [0.2, 0.25) is 5.69 Å². The summed E-state index contributed by atoms with van der Waals surface area (Å²) in [6, 6.07) is 10.7. The normalized spacial score (nSPS) is 36.9. The first-order valence-corrected chi connectivity index (χ1v) is 29.8. The number of carbonyl (C=O) groups excluding carboxylic acids is 5.